The average Bonchev–Trinajstić information content (AvgIpc) is 2.88. The number of nitrogens with zero attached hydrogens (tertiary/aromatic N) is 5. The zero-order valence-corrected chi connectivity index (χ0v) is 19.1. The number of methoxy groups -OCH3 is 1. The van der Waals surface area contributed by atoms with Crippen molar-refractivity contribution in [3.8, 4) is 11.8 Å². The van der Waals surface area contributed by atoms with E-state index in [1.807, 2.05) is 18.2 Å². The van der Waals surface area contributed by atoms with Crippen LogP contribution in [0.4, 0.5) is 17.2 Å². The van der Waals surface area contributed by atoms with Gasteiger partial charge in [-0.15, -0.1) is 0 Å². The summed E-state index contributed by atoms with van der Waals surface area (Å²) in [5.41, 5.74) is 2.20. The number of carbonyl (C=O) groups is 1. The lowest BCUT2D eigenvalue weighted by molar-refractivity contribution is -0.113. The number of piperazine rings is 1. The van der Waals surface area contributed by atoms with Crippen molar-refractivity contribution in [2.75, 3.05) is 54.2 Å². The molecule has 2 heterocycles. The quantitative estimate of drug-likeness (QED) is 0.536. The second-order valence-corrected chi connectivity index (χ2v) is 8.32. The number of nitriles is 1. The minimum Gasteiger partial charge on any atom is -0.495 e. The summed E-state index contributed by atoms with van der Waals surface area (Å²) in [6, 6.07) is 17.0. The van der Waals surface area contributed by atoms with Crippen LogP contribution >= 0.6 is 11.8 Å². The second-order valence-electron chi connectivity index (χ2n) is 7.36. The SMILES string of the molecule is COc1ccccc1N1CCN(c2nccnc2SCC(=O)Nc2cccc(C#N)c2)CC1. The van der Waals surface area contributed by atoms with E-state index in [9.17, 15) is 4.79 Å². The van der Waals surface area contributed by atoms with Gasteiger partial charge >= 0.3 is 0 Å². The number of carbonyl (C=O) groups excluding carboxylic acids is 1. The van der Waals surface area contributed by atoms with Crippen LogP contribution in [0.15, 0.2) is 66.0 Å². The van der Waals surface area contributed by atoms with Gasteiger partial charge in [-0.1, -0.05) is 30.0 Å². The highest BCUT2D eigenvalue weighted by Gasteiger charge is 2.23. The number of aromatic nitrogens is 2. The topological polar surface area (TPSA) is 94.4 Å². The molecule has 1 amide bonds. The lowest BCUT2D eigenvalue weighted by Gasteiger charge is -2.37. The molecule has 1 aliphatic rings. The van der Waals surface area contributed by atoms with Gasteiger partial charge in [-0.05, 0) is 30.3 Å². The number of thioether (sulfide) groups is 1. The van der Waals surface area contributed by atoms with Crippen LogP contribution in [-0.4, -0.2) is 54.9 Å². The maximum Gasteiger partial charge on any atom is 0.234 e. The third kappa shape index (κ3) is 5.54. The Morgan fingerprint density at radius 2 is 1.85 bits per heavy atom. The Balaban J connectivity index is 1.37. The van der Waals surface area contributed by atoms with Crippen LogP contribution in [0.25, 0.3) is 0 Å². The van der Waals surface area contributed by atoms with Crippen LogP contribution in [-0.2, 0) is 4.79 Å². The first-order chi connectivity index (χ1) is 16.2. The molecule has 1 aliphatic heterocycles. The molecular formula is C24H24N6O2S. The Bertz CT molecular complexity index is 1160. The summed E-state index contributed by atoms with van der Waals surface area (Å²) in [5.74, 6) is 1.70. The van der Waals surface area contributed by atoms with Gasteiger partial charge < -0.3 is 19.9 Å². The highest BCUT2D eigenvalue weighted by molar-refractivity contribution is 8.00. The highest BCUT2D eigenvalue weighted by atomic mass is 32.2. The molecule has 0 aliphatic carbocycles. The summed E-state index contributed by atoms with van der Waals surface area (Å²) in [4.78, 5) is 26.0. The van der Waals surface area contributed by atoms with Gasteiger partial charge in [0.25, 0.3) is 0 Å². The molecule has 0 unspecified atom stereocenters. The summed E-state index contributed by atoms with van der Waals surface area (Å²) < 4.78 is 5.50. The first-order valence-corrected chi connectivity index (χ1v) is 11.5. The van der Waals surface area contributed by atoms with Crippen molar-refractivity contribution in [1.29, 1.82) is 5.26 Å². The zero-order chi connectivity index (χ0) is 23.0. The van der Waals surface area contributed by atoms with Crippen molar-refractivity contribution in [2.24, 2.45) is 0 Å². The molecular weight excluding hydrogens is 436 g/mol. The third-order valence-electron chi connectivity index (χ3n) is 5.27. The van der Waals surface area contributed by atoms with E-state index in [0.717, 1.165) is 48.5 Å². The van der Waals surface area contributed by atoms with Crippen molar-refractivity contribution in [1.82, 2.24) is 9.97 Å². The van der Waals surface area contributed by atoms with Crippen molar-refractivity contribution in [3.63, 3.8) is 0 Å². The molecule has 0 bridgehead atoms. The second kappa shape index (κ2) is 10.7. The number of ether oxygens (including phenoxy) is 1. The number of nitrogens with one attached hydrogen (secondary N) is 1. The number of anilines is 3. The van der Waals surface area contributed by atoms with Gasteiger partial charge in [0.05, 0.1) is 30.2 Å². The van der Waals surface area contributed by atoms with Gasteiger partial charge in [-0.2, -0.15) is 5.26 Å². The Morgan fingerprint density at radius 1 is 1.09 bits per heavy atom. The van der Waals surface area contributed by atoms with Crippen LogP contribution in [0.3, 0.4) is 0 Å². The van der Waals surface area contributed by atoms with E-state index in [1.54, 1.807) is 43.8 Å². The smallest absolute Gasteiger partial charge is 0.234 e. The Labute approximate surface area is 197 Å². The van der Waals surface area contributed by atoms with E-state index in [2.05, 4.69) is 37.2 Å². The molecule has 0 radical (unpaired) electrons. The van der Waals surface area contributed by atoms with Gasteiger partial charge in [-0.3, -0.25) is 4.79 Å². The van der Waals surface area contributed by atoms with Crippen molar-refractivity contribution in [3.05, 3.63) is 66.5 Å². The highest BCUT2D eigenvalue weighted by Crippen LogP contribution is 2.31. The molecule has 33 heavy (non-hydrogen) atoms. The Hall–Kier alpha value is -3.77. The standard InChI is InChI=1S/C24H24N6O2S/c1-32-21-8-3-2-7-20(21)29-11-13-30(14-12-29)23-24(27-10-9-26-23)33-17-22(31)28-19-6-4-5-18(15-19)16-25/h2-10,15H,11-14,17H2,1H3,(H,28,31). The fraction of sp³-hybridized carbons (Fsp3) is 0.250. The average molecular weight is 461 g/mol. The lowest BCUT2D eigenvalue weighted by Crippen LogP contribution is -2.47. The number of benzene rings is 2. The summed E-state index contributed by atoms with van der Waals surface area (Å²) in [7, 11) is 1.69. The summed E-state index contributed by atoms with van der Waals surface area (Å²) >= 11 is 1.36. The number of hydrogen-bond acceptors (Lipinski definition) is 8. The largest absolute Gasteiger partial charge is 0.495 e. The third-order valence-corrected chi connectivity index (χ3v) is 6.23. The van der Waals surface area contributed by atoms with Gasteiger partial charge in [0.1, 0.15) is 10.8 Å². The van der Waals surface area contributed by atoms with Crippen LogP contribution < -0.4 is 19.9 Å². The summed E-state index contributed by atoms with van der Waals surface area (Å²) in [6.07, 6.45) is 3.32. The minimum atomic E-state index is -0.160. The zero-order valence-electron chi connectivity index (χ0n) is 18.3. The van der Waals surface area contributed by atoms with Crippen molar-refractivity contribution >= 4 is 34.9 Å². The molecule has 3 aromatic rings. The number of hydrogen-bond donors (Lipinski definition) is 1. The molecule has 4 rings (SSSR count). The monoisotopic (exact) mass is 460 g/mol. The molecule has 2 aromatic carbocycles. The molecule has 1 fully saturated rings. The lowest BCUT2D eigenvalue weighted by atomic mass is 10.2. The van der Waals surface area contributed by atoms with Gasteiger partial charge in [0.15, 0.2) is 5.82 Å². The first kappa shape index (κ1) is 22.4. The molecule has 0 spiro atoms. The Kier molecular flexibility index (Phi) is 7.27. The van der Waals surface area contributed by atoms with Crippen molar-refractivity contribution in [2.45, 2.75) is 5.03 Å². The predicted octanol–water partition coefficient (Wildman–Crippen LogP) is 3.41. The van der Waals surface area contributed by atoms with E-state index in [0.29, 0.717) is 11.3 Å². The molecule has 1 N–H and O–H groups in total. The van der Waals surface area contributed by atoms with Gasteiger partial charge in [0, 0.05) is 44.3 Å². The summed E-state index contributed by atoms with van der Waals surface area (Å²) in [6.45, 7) is 3.24. The van der Waals surface area contributed by atoms with Crippen LogP contribution in [0.5, 0.6) is 5.75 Å². The Morgan fingerprint density at radius 3 is 2.64 bits per heavy atom. The minimum absolute atomic E-state index is 0.160. The molecule has 1 aromatic heterocycles. The molecule has 168 valence electrons. The number of rotatable bonds is 7. The number of amides is 1. The van der Waals surface area contributed by atoms with Crippen LogP contribution in [0.2, 0.25) is 0 Å². The van der Waals surface area contributed by atoms with E-state index >= 15 is 0 Å². The maximum absolute atomic E-state index is 12.4. The maximum atomic E-state index is 12.4. The fourth-order valence-electron chi connectivity index (χ4n) is 3.68. The first-order valence-electron chi connectivity index (χ1n) is 10.5. The molecule has 8 nitrogen and oxygen atoms in total. The van der Waals surface area contributed by atoms with E-state index in [4.69, 9.17) is 10.00 Å². The molecule has 1 saturated heterocycles. The molecule has 0 saturated carbocycles. The fourth-order valence-corrected chi connectivity index (χ4v) is 4.47. The normalized spacial score (nSPS) is 13.3. The van der Waals surface area contributed by atoms with E-state index < -0.39 is 0 Å². The molecule has 0 atom stereocenters. The van der Waals surface area contributed by atoms with E-state index in [-0.39, 0.29) is 11.7 Å². The van der Waals surface area contributed by atoms with Crippen LogP contribution in [0.1, 0.15) is 5.56 Å². The van der Waals surface area contributed by atoms with Gasteiger partial charge in [-0.25, -0.2) is 9.97 Å². The van der Waals surface area contributed by atoms with Crippen molar-refractivity contribution < 1.29 is 9.53 Å². The molecule has 9 heteroatoms. The van der Waals surface area contributed by atoms with E-state index in [1.165, 1.54) is 11.8 Å². The van der Waals surface area contributed by atoms with Crippen LogP contribution in [0, 0.1) is 11.3 Å². The number of para-hydroxylation sites is 2. The summed E-state index contributed by atoms with van der Waals surface area (Å²) in [5, 5.41) is 12.6. The predicted molar refractivity (Wildman–Crippen MR) is 130 cm³/mol. The van der Waals surface area contributed by atoms with Gasteiger partial charge in [0.2, 0.25) is 5.91 Å².